The molecule has 1 amide bonds. The van der Waals surface area contributed by atoms with Crippen LogP contribution in [-0.4, -0.2) is 37.9 Å². The second-order valence-corrected chi connectivity index (χ2v) is 8.74. The monoisotopic (exact) mass is 264 g/mol. The van der Waals surface area contributed by atoms with E-state index in [0.29, 0.717) is 0 Å². The van der Waals surface area contributed by atoms with E-state index in [-0.39, 0.29) is 17.9 Å². The highest BCUT2D eigenvalue weighted by Crippen LogP contribution is 2.18. The summed E-state index contributed by atoms with van der Waals surface area (Å²) < 4.78 is 21.9. The quantitative estimate of drug-likeness (QED) is 0.764. The summed E-state index contributed by atoms with van der Waals surface area (Å²) in [4.78, 5) is 11.7. The van der Waals surface area contributed by atoms with Gasteiger partial charge in [0.15, 0.2) is 9.84 Å². The molecular weight excluding hydrogens is 240 g/mol. The fraction of sp³-hybridized carbons (Fsp3) is 0.909. The Bertz CT molecular complexity index is 380. The Morgan fingerprint density at radius 2 is 1.65 bits per heavy atom. The predicted octanol–water partition coefficient (Wildman–Crippen LogP) is 0.299. The van der Waals surface area contributed by atoms with Crippen LogP contribution in [-0.2, 0) is 14.6 Å². The largest absolute Gasteiger partial charge is 0.353 e. The molecule has 0 saturated heterocycles. The molecule has 0 fully saturated rings. The Kier molecular flexibility index (Phi) is 4.76. The number of hydrogen-bond acceptors (Lipinski definition) is 4. The van der Waals surface area contributed by atoms with Crippen LogP contribution in [0, 0.1) is 5.41 Å². The van der Waals surface area contributed by atoms with E-state index in [9.17, 15) is 13.2 Å². The summed E-state index contributed by atoms with van der Waals surface area (Å²) in [6, 6.07) is -0.655. The van der Waals surface area contributed by atoms with Crippen LogP contribution >= 0.6 is 0 Å². The van der Waals surface area contributed by atoms with Gasteiger partial charge in [0.25, 0.3) is 0 Å². The van der Waals surface area contributed by atoms with E-state index < -0.39 is 20.6 Å². The number of sulfone groups is 1. The molecule has 0 aliphatic carbocycles. The maximum absolute atomic E-state index is 11.7. The van der Waals surface area contributed by atoms with Crippen LogP contribution in [0.2, 0.25) is 0 Å². The molecule has 0 unspecified atom stereocenters. The van der Waals surface area contributed by atoms with Gasteiger partial charge in [0.1, 0.15) is 0 Å². The summed E-state index contributed by atoms with van der Waals surface area (Å²) in [5.41, 5.74) is 5.42. The maximum Gasteiger partial charge on any atom is 0.237 e. The molecule has 6 heteroatoms. The fourth-order valence-electron chi connectivity index (χ4n) is 0.934. The average Bonchev–Trinajstić information content (AvgIpc) is 2.09. The molecule has 102 valence electrons. The first-order valence-electron chi connectivity index (χ1n) is 5.52. The molecule has 0 bridgehead atoms. The van der Waals surface area contributed by atoms with E-state index in [1.54, 1.807) is 13.8 Å². The molecule has 0 aliphatic rings. The van der Waals surface area contributed by atoms with Crippen molar-refractivity contribution in [2.45, 2.75) is 45.4 Å². The molecule has 3 N–H and O–H groups in total. The second-order valence-electron chi connectivity index (χ2n) is 6.09. The van der Waals surface area contributed by atoms with Gasteiger partial charge in [-0.25, -0.2) is 8.42 Å². The summed E-state index contributed by atoms with van der Waals surface area (Å²) in [7, 11) is -3.21. The number of hydrogen-bond donors (Lipinski definition) is 2. The Morgan fingerprint density at radius 1 is 1.24 bits per heavy atom. The van der Waals surface area contributed by atoms with Gasteiger partial charge in [-0.15, -0.1) is 0 Å². The van der Waals surface area contributed by atoms with Gasteiger partial charge in [0.2, 0.25) is 5.91 Å². The van der Waals surface area contributed by atoms with Gasteiger partial charge in [0.05, 0.1) is 10.8 Å². The van der Waals surface area contributed by atoms with Gasteiger partial charge in [-0.05, 0) is 19.3 Å². The zero-order valence-corrected chi connectivity index (χ0v) is 12.3. The van der Waals surface area contributed by atoms with Crippen molar-refractivity contribution in [3.8, 4) is 0 Å². The number of rotatable bonds is 4. The number of nitrogens with two attached hydrogens (primary N) is 1. The van der Waals surface area contributed by atoms with Crippen LogP contribution in [0.3, 0.4) is 0 Å². The standard InChI is InChI=1S/C11H24N2O3S/c1-10(2,3)8(12)9(14)13-7-11(4,5)17(6,15)16/h8H,7,12H2,1-6H3,(H,13,14)/t8-/m1/s1. The predicted molar refractivity (Wildman–Crippen MR) is 69.4 cm³/mol. The maximum atomic E-state index is 11.7. The topological polar surface area (TPSA) is 89.3 Å². The lowest BCUT2D eigenvalue weighted by molar-refractivity contribution is -0.124. The molecule has 0 radical (unpaired) electrons. The molecule has 0 rings (SSSR count). The van der Waals surface area contributed by atoms with Crippen molar-refractivity contribution in [2.24, 2.45) is 11.1 Å². The third-order valence-electron chi connectivity index (χ3n) is 2.91. The summed E-state index contributed by atoms with van der Waals surface area (Å²) in [5, 5.41) is 2.59. The number of nitrogens with one attached hydrogen (secondary N) is 1. The van der Waals surface area contributed by atoms with Crippen molar-refractivity contribution in [1.82, 2.24) is 5.32 Å². The van der Waals surface area contributed by atoms with Crippen molar-refractivity contribution in [2.75, 3.05) is 12.8 Å². The van der Waals surface area contributed by atoms with Crippen LogP contribution < -0.4 is 11.1 Å². The molecule has 0 aliphatic heterocycles. The van der Waals surface area contributed by atoms with Crippen LogP contribution in [0.15, 0.2) is 0 Å². The van der Waals surface area contributed by atoms with Gasteiger partial charge in [-0.2, -0.15) is 0 Å². The molecule has 1 atom stereocenters. The minimum atomic E-state index is -3.21. The summed E-state index contributed by atoms with van der Waals surface area (Å²) >= 11 is 0. The first kappa shape index (κ1) is 16.4. The molecule has 17 heavy (non-hydrogen) atoms. The lowest BCUT2D eigenvalue weighted by Crippen LogP contribution is -2.52. The van der Waals surface area contributed by atoms with E-state index in [0.717, 1.165) is 6.26 Å². The number of carbonyl (C=O) groups excluding carboxylic acids is 1. The van der Waals surface area contributed by atoms with Gasteiger partial charge in [-0.3, -0.25) is 4.79 Å². The minimum Gasteiger partial charge on any atom is -0.353 e. The van der Waals surface area contributed by atoms with Crippen molar-refractivity contribution in [3.05, 3.63) is 0 Å². The highest BCUT2D eigenvalue weighted by molar-refractivity contribution is 7.92. The molecular formula is C11H24N2O3S. The third-order valence-corrected chi connectivity index (χ3v) is 5.06. The van der Waals surface area contributed by atoms with Gasteiger partial charge in [-0.1, -0.05) is 20.8 Å². The summed E-state index contributed by atoms with van der Waals surface area (Å²) in [6.45, 7) is 8.79. The van der Waals surface area contributed by atoms with Crippen LogP contribution in [0.5, 0.6) is 0 Å². The van der Waals surface area contributed by atoms with E-state index in [1.165, 1.54) is 0 Å². The van der Waals surface area contributed by atoms with Gasteiger partial charge < -0.3 is 11.1 Å². The van der Waals surface area contributed by atoms with Gasteiger partial charge >= 0.3 is 0 Å². The Morgan fingerprint density at radius 3 is 1.94 bits per heavy atom. The van der Waals surface area contributed by atoms with Crippen molar-refractivity contribution in [3.63, 3.8) is 0 Å². The SMILES string of the molecule is CC(C)(C)[C@H](N)C(=O)NCC(C)(C)S(C)(=O)=O. The fourth-order valence-corrected chi connectivity index (χ4v) is 1.27. The van der Waals surface area contributed by atoms with Crippen LogP contribution in [0.4, 0.5) is 0 Å². The summed E-state index contributed by atoms with van der Waals surface area (Å²) in [6.07, 6.45) is 1.16. The smallest absolute Gasteiger partial charge is 0.237 e. The lowest BCUT2D eigenvalue weighted by atomic mass is 9.87. The van der Waals surface area contributed by atoms with E-state index >= 15 is 0 Å². The molecule has 0 heterocycles. The Labute approximate surface area is 104 Å². The van der Waals surface area contributed by atoms with Crippen molar-refractivity contribution >= 4 is 15.7 Å². The molecule has 0 spiro atoms. The molecule has 0 aromatic rings. The zero-order valence-electron chi connectivity index (χ0n) is 11.5. The Balaban J connectivity index is 4.57. The van der Waals surface area contributed by atoms with Crippen molar-refractivity contribution in [1.29, 1.82) is 0 Å². The number of amides is 1. The zero-order chi connectivity index (χ0) is 14.1. The molecule has 0 saturated carbocycles. The first-order chi connectivity index (χ1) is 7.29. The highest BCUT2D eigenvalue weighted by Gasteiger charge is 2.33. The molecule has 0 aromatic carbocycles. The van der Waals surface area contributed by atoms with E-state index in [1.807, 2.05) is 20.8 Å². The van der Waals surface area contributed by atoms with Crippen LogP contribution in [0.1, 0.15) is 34.6 Å². The summed E-state index contributed by atoms with van der Waals surface area (Å²) in [5.74, 6) is -0.325. The van der Waals surface area contributed by atoms with Crippen molar-refractivity contribution < 1.29 is 13.2 Å². The van der Waals surface area contributed by atoms with E-state index in [2.05, 4.69) is 5.32 Å². The minimum absolute atomic E-state index is 0.0639. The molecule has 5 nitrogen and oxygen atoms in total. The Hall–Kier alpha value is -0.620. The third kappa shape index (κ3) is 4.63. The van der Waals surface area contributed by atoms with Crippen LogP contribution in [0.25, 0.3) is 0 Å². The number of carbonyl (C=O) groups is 1. The highest BCUT2D eigenvalue weighted by atomic mass is 32.2. The first-order valence-corrected chi connectivity index (χ1v) is 7.41. The second kappa shape index (κ2) is 4.94. The van der Waals surface area contributed by atoms with Gasteiger partial charge in [0, 0.05) is 12.8 Å². The average molecular weight is 264 g/mol. The lowest BCUT2D eigenvalue weighted by Gasteiger charge is -2.28. The van der Waals surface area contributed by atoms with E-state index in [4.69, 9.17) is 5.73 Å². The normalized spacial score (nSPS) is 15.5. The molecule has 0 aromatic heterocycles.